The molecular weight excluding hydrogens is 366 g/mol. The third-order valence-corrected chi connectivity index (χ3v) is 5.44. The van der Waals surface area contributed by atoms with E-state index in [0.717, 1.165) is 18.8 Å². The van der Waals surface area contributed by atoms with Crippen LogP contribution in [0.15, 0.2) is 48.7 Å². The van der Waals surface area contributed by atoms with E-state index < -0.39 is 0 Å². The average molecular weight is 391 g/mol. The molecule has 1 aromatic heterocycles. The number of anilines is 2. The van der Waals surface area contributed by atoms with Crippen molar-refractivity contribution in [3.05, 3.63) is 54.2 Å². The number of hydrogen-bond acceptors (Lipinski definition) is 4. The standard InChI is InChI=1S/C23H25N3O3/c1-16(27)26-15-21(20-14-19(29-2)10-11-22(20)26)23(28)24-17-6-8-18(9-7-17)25-12-4-3-5-13-25/h6-11,14-15H,3-5,12-13H2,1-2H3,(H,24,28). The Balaban J connectivity index is 1.59. The molecule has 6 heteroatoms. The summed E-state index contributed by atoms with van der Waals surface area (Å²) in [5.74, 6) is 0.234. The van der Waals surface area contributed by atoms with Crippen molar-refractivity contribution in [2.24, 2.45) is 0 Å². The highest BCUT2D eigenvalue weighted by atomic mass is 16.5. The molecule has 4 rings (SSSR count). The molecule has 2 heterocycles. The number of carbonyl (C=O) groups excluding carboxylic acids is 2. The molecule has 6 nitrogen and oxygen atoms in total. The lowest BCUT2D eigenvalue weighted by Crippen LogP contribution is -2.29. The van der Waals surface area contributed by atoms with Crippen molar-refractivity contribution in [2.75, 3.05) is 30.4 Å². The van der Waals surface area contributed by atoms with E-state index in [2.05, 4.69) is 10.2 Å². The zero-order chi connectivity index (χ0) is 20.4. The van der Waals surface area contributed by atoms with E-state index in [9.17, 15) is 9.59 Å². The quantitative estimate of drug-likeness (QED) is 0.709. The number of nitrogens with zero attached hydrogens (tertiary/aromatic N) is 2. The largest absolute Gasteiger partial charge is 0.497 e. The Labute approximate surface area is 170 Å². The van der Waals surface area contributed by atoms with E-state index >= 15 is 0 Å². The van der Waals surface area contributed by atoms with Gasteiger partial charge >= 0.3 is 0 Å². The summed E-state index contributed by atoms with van der Waals surface area (Å²) in [7, 11) is 1.58. The van der Waals surface area contributed by atoms with E-state index in [1.807, 2.05) is 24.3 Å². The molecule has 2 aromatic carbocycles. The zero-order valence-electron chi connectivity index (χ0n) is 16.8. The van der Waals surface area contributed by atoms with E-state index in [0.29, 0.717) is 22.2 Å². The first-order valence-corrected chi connectivity index (χ1v) is 9.93. The third-order valence-electron chi connectivity index (χ3n) is 5.44. The molecule has 150 valence electrons. The maximum absolute atomic E-state index is 13.0. The van der Waals surface area contributed by atoms with Crippen LogP contribution in [0.25, 0.3) is 10.9 Å². The number of carbonyl (C=O) groups is 2. The van der Waals surface area contributed by atoms with Crippen molar-refractivity contribution in [2.45, 2.75) is 26.2 Å². The smallest absolute Gasteiger partial charge is 0.257 e. The Bertz CT molecular complexity index is 1050. The Hall–Kier alpha value is -3.28. The highest BCUT2D eigenvalue weighted by Gasteiger charge is 2.18. The zero-order valence-corrected chi connectivity index (χ0v) is 16.8. The number of amides is 1. The number of ether oxygens (including phenoxy) is 1. The van der Waals surface area contributed by atoms with E-state index in [4.69, 9.17) is 4.74 Å². The summed E-state index contributed by atoms with van der Waals surface area (Å²) >= 11 is 0. The first kappa shape index (κ1) is 19.1. The highest BCUT2D eigenvalue weighted by molar-refractivity contribution is 6.14. The Morgan fingerprint density at radius 2 is 1.72 bits per heavy atom. The fraction of sp³-hybridized carbons (Fsp3) is 0.304. The van der Waals surface area contributed by atoms with Crippen LogP contribution in [0, 0.1) is 0 Å². The van der Waals surface area contributed by atoms with Gasteiger partial charge in [0, 0.05) is 43.0 Å². The summed E-state index contributed by atoms with van der Waals surface area (Å²) in [5.41, 5.74) is 3.03. The summed E-state index contributed by atoms with van der Waals surface area (Å²) in [5, 5.41) is 3.63. The van der Waals surface area contributed by atoms with Crippen LogP contribution in [0.4, 0.5) is 11.4 Å². The van der Waals surface area contributed by atoms with Gasteiger partial charge < -0.3 is 15.0 Å². The number of hydrogen-bond donors (Lipinski definition) is 1. The van der Waals surface area contributed by atoms with Crippen LogP contribution in [0.3, 0.4) is 0 Å². The summed E-state index contributed by atoms with van der Waals surface area (Å²) in [6.45, 7) is 3.64. The molecule has 1 fully saturated rings. The van der Waals surface area contributed by atoms with E-state index in [-0.39, 0.29) is 11.8 Å². The fourth-order valence-corrected chi connectivity index (χ4v) is 3.88. The molecule has 0 atom stereocenters. The number of methoxy groups -OCH3 is 1. The lowest BCUT2D eigenvalue weighted by molar-refractivity contribution is 0.0941. The minimum absolute atomic E-state index is 0.148. The normalized spacial score (nSPS) is 14.1. The summed E-state index contributed by atoms with van der Waals surface area (Å²) < 4.78 is 6.77. The Kier molecular flexibility index (Phi) is 5.25. The lowest BCUT2D eigenvalue weighted by atomic mass is 10.1. The monoisotopic (exact) mass is 391 g/mol. The van der Waals surface area contributed by atoms with Gasteiger partial charge in [0.2, 0.25) is 5.91 Å². The van der Waals surface area contributed by atoms with Gasteiger partial charge in [0.15, 0.2) is 0 Å². The second-order valence-electron chi connectivity index (χ2n) is 7.36. The molecule has 3 aromatic rings. The fourth-order valence-electron chi connectivity index (χ4n) is 3.88. The van der Waals surface area contributed by atoms with Crippen LogP contribution in [0.1, 0.15) is 41.3 Å². The summed E-state index contributed by atoms with van der Waals surface area (Å²) in [6.07, 6.45) is 5.33. The van der Waals surface area contributed by atoms with Gasteiger partial charge in [-0.25, -0.2) is 0 Å². The molecule has 0 spiro atoms. The van der Waals surface area contributed by atoms with Crippen molar-refractivity contribution >= 4 is 34.1 Å². The lowest BCUT2D eigenvalue weighted by Gasteiger charge is -2.28. The van der Waals surface area contributed by atoms with Crippen LogP contribution < -0.4 is 15.0 Å². The molecule has 0 saturated carbocycles. The number of fused-ring (bicyclic) bond motifs is 1. The molecule has 0 radical (unpaired) electrons. The topological polar surface area (TPSA) is 63.6 Å². The Morgan fingerprint density at radius 3 is 2.38 bits per heavy atom. The second-order valence-corrected chi connectivity index (χ2v) is 7.36. The highest BCUT2D eigenvalue weighted by Crippen LogP contribution is 2.27. The van der Waals surface area contributed by atoms with Crippen molar-refractivity contribution in [3.63, 3.8) is 0 Å². The molecule has 0 bridgehead atoms. The first-order chi connectivity index (χ1) is 14.1. The van der Waals surface area contributed by atoms with Gasteiger partial charge in [-0.15, -0.1) is 0 Å². The van der Waals surface area contributed by atoms with Gasteiger partial charge in [-0.1, -0.05) is 0 Å². The molecule has 0 aliphatic carbocycles. The predicted molar refractivity (Wildman–Crippen MR) is 115 cm³/mol. The minimum Gasteiger partial charge on any atom is -0.497 e. The predicted octanol–water partition coefficient (Wildman–Crippen LogP) is 4.55. The van der Waals surface area contributed by atoms with Gasteiger partial charge in [0.1, 0.15) is 5.75 Å². The molecule has 1 amide bonds. The van der Waals surface area contributed by atoms with Crippen LogP contribution >= 0.6 is 0 Å². The van der Waals surface area contributed by atoms with Crippen LogP contribution in [-0.2, 0) is 0 Å². The second kappa shape index (κ2) is 7.99. The van der Waals surface area contributed by atoms with Crippen LogP contribution in [0.2, 0.25) is 0 Å². The number of piperidine rings is 1. The number of aromatic nitrogens is 1. The number of nitrogens with one attached hydrogen (secondary N) is 1. The van der Waals surface area contributed by atoms with Crippen LogP contribution in [-0.4, -0.2) is 36.6 Å². The van der Waals surface area contributed by atoms with Gasteiger partial charge in [0.25, 0.3) is 5.91 Å². The van der Waals surface area contributed by atoms with Crippen molar-refractivity contribution in [3.8, 4) is 5.75 Å². The molecule has 1 aliphatic heterocycles. The van der Waals surface area contributed by atoms with Crippen molar-refractivity contribution in [1.82, 2.24) is 4.57 Å². The van der Waals surface area contributed by atoms with E-state index in [1.165, 1.54) is 36.4 Å². The molecule has 1 aliphatic rings. The summed E-state index contributed by atoms with van der Waals surface area (Å²) in [4.78, 5) is 27.3. The average Bonchev–Trinajstić information content (AvgIpc) is 3.14. The molecule has 29 heavy (non-hydrogen) atoms. The van der Waals surface area contributed by atoms with Gasteiger partial charge in [-0.3, -0.25) is 14.2 Å². The maximum atomic E-state index is 13.0. The maximum Gasteiger partial charge on any atom is 0.257 e. The minimum atomic E-state index is -0.256. The summed E-state index contributed by atoms with van der Waals surface area (Å²) in [6, 6.07) is 13.3. The third kappa shape index (κ3) is 3.83. The SMILES string of the molecule is COc1ccc2c(c1)c(C(=O)Nc1ccc(N3CCCCC3)cc1)cn2C(C)=O. The van der Waals surface area contributed by atoms with Crippen molar-refractivity contribution < 1.29 is 14.3 Å². The molecule has 1 saturated heterocycles. The molecular formula is C23H25N3O3. The first-order valence-electron chi connectivity index (χ1n) is 9.93. The van der Waals surface area contributed by atoms with Gasteiger partial charge in [-0.05, 0) is 61.7 Å². The van der Waals surface area contributed by atoms with Crippen LogP contribution in [0.5, 0.6) is 5.75 Å². The number of rotatable bonds is 4. The van der Waals surface area contributed by atoms with Gasteiger partial charge in [-0.2, -0.15) is 0 Å². The molecule has 0 unspecified atom stereocenters. The molecule has 1 N–H and O–H groups in total. The van der Waals surface area contributed by atoms with Gasteiger partial charge in [0.05, 0.1) is 18.2 Å². The van der Waals surface area contributed by atoms with Crippen molar-refractivity contribution in [1.29, 1.82) is 0 Å². The Morgan fingerprint density at radius 1 is 1.00 bits per heavy atom. The number of benzene rings is 2. The van der Waals surface area contributed by atoms with E-state index in [1.54, 1.807) is 31.5 Å².